The Morgan fingerprint density at radius 1 is 1.23 bits per heavy atom. The highest BCUT2D eigenvalue weighted by Gasteiger charge is 2.32. The lowest BCUT2D eigenvalue weighted by molar-refractivity contribution is 0.102. The van der Waals surface area contributed by atoms with Crippen LogP contribution in [-0.4, -0.2) is 31.6 Å². The van der Waals surface area contributed by atoms with Gasteiger partial charge in [-0.15, -0.1) is 11.3 Å². The van der Waals surface area contributed by atoms with Gasteiger partial charge < -0.3 is 0 Å². The van der Waals surface area contributed by atoms with Gasteiger partial charge in [0.2, 0.25) is 10.0 Å². The topological polar surface area (TPSA) is 79.4 Å². The maximum Gasteiger partial charge on any atom is 0.257 e. The van der Waals surface area contributed by atoms with Crippen LogP contribution < -0.4 is 9.62 Å². The zero-order valence-corrected chi connectivity index (χ0v) is 19.0. The lowest BCUT2D eigenvalue weighted by atomic mass is 10.1. The predicted octanol–water partition coefficient (Wildman–Crippen LogP) is 4.73. The molecule has 1 amide bonds. The summed E-state index contributed by atoms with van der Waals surface area (Å²) in [5.74, 6) is -0.278. The van der Waals surface area contributed by atoms with Crippen LogP contribution in [0.3, 0.4) is 0 Å². The first-order chi connectivity index (χ1) is 14.1. The number of aromatic nitrogens is 1. The van der Waals surface area contributed by atoms with Crippen LogP contribution in [0, 0.1) is 6.92 Å². The first-order valence-corrected chi connectivity index (χ1v) is 12.3. The maximum absolute atomic E-state index is 12.8. The molecule has 1 aromatic heterocycles. The highest BCUT2D eigenvalue weighted by atomic mass is 35.5. The van der Waals surface area contributed by atoms with Gasteiger partial charge >= 0.3 is 0 Å². The molecule has 30 heavy (non-hydrogen) atoms. The minimum atomic E-state index is -3.36. The molecule has 6 nitrogen and oxygen atoms in total. The second-order valence-corrected chi connectivity index (χ2v) is 10.8. The summed E-state index contributed by atoms with van der Waals surface area (Å²) in [4.78, 5) is 18.3. The number of thiazole rings is 1. The van der Waals surface area contributed by atoms with Gasteiger partial charge in [0, 0.05) is 27.1 Å². The summed E-state index contributed by atoms with van der Waals surface area (Å²) in [7, 11) is -3.36. The van der Waals surface area contributed by atoms with E-state index in [1.54, 1.807) is 30.3 Å². The van der Waals surface area contributed by atoms with Crippen LogP contribution in [0.4, 0.5) is 10.8 Å². The van der Waals surface area contributed by atoms with Crippen LogP contribution in [0.25, 0.3) is 11.3 Å². The van der Waals surface area contributed by atoms with E-state index >= 15 is 0 Å². The smallest absolute Gasteiger partial charge is 0.257 e. The molecule has 1 atom stereocenters. The molecule has 0 fully saturated rings. The summed E-state index contributed by atoms with van der Waals surface area (Å²) >= 11 is 7.36. The largest absolute Gasteiger partial charge is 0.298 e. The second-order valence-electron chi connectivity index (χ2n) is 7.34. The summed E-state index contributed by atoms with van der Waals surface area (Å²) in [6.45, 7) is 3.81. The normalized spacial score (nSPS) is 15.9. The lowest BCUT2D eigenvalue weighted by Gasteiger charge is -2.21. The van der Waals surface area contributed by atoms with Gasteiger partial charge in [0.1, 0.15) is 0 Å². The fourth-order valence-electron chi connectivity index (χ4n) is 3.74. The molecular weight excluding hydrogens is 442 g/mol. The Labute approximate surface area is 184 Å². The van der Waals surface area contributed by atoms with Crippen molar-refractivity contribution < 1.29 is 13.2 Å². The Morgan fingerprint density at radius 2 is 1.93 bits per heavy atom. The van der Waals surface area contributed by atoms with Gasteiger partial charge in [0.15, 0.2) is 5.13 Å². The zero-order chi connectivity index (χ0) is 21.6. The van der Waals surface area contributed by atoms with E-state index in [2.05, 4.69) is 10.3 Å². The average Bonchev–Trinajstić information content (AvgIpc) is 3.19. The summed E-state index contributed by atoms with van der Waals surface area (Å²) in [5, 5.41) is 4.02. The van der Waals surface area contributed by atoms with Crippen LogP contribution in [0.5, 0.6) is 0 Å². The fraction of sp³-hybridized carbons (Fsp3) is 0.238. The van der Waals surface area contributed by atoms with Gasteiger partial charge in [0.05, 0.1) is 17.6 Å². The Bertz CT molecular complexity index is 1240. The Morgan fingerprint density at radius 3 is 2.60 bits per heavy atom. The number of hydrogen-bond donors (Lipinski definition) is 1. The van der Waals surface area contributed by atoms with E-state index in [0.29, 0.717) is 27.8 Å². The van der Waals surface area contributed by atoms with Gasteiger partial charge in [-0.1, -0.05) is 23.7 Å². The standard InChI is InChI=1S/C21H20ClN3O3S2/c1-12-10-16-11-15(6-9-18(16)25(12)30(3,27)28)20(26)24-21-23-19(13(2)29-21)14-4-7-17(22)8-5-14/h4-9,11-12H,10H2,1-3H3,(H,23,24,26)/t12-/m1/s1. The first-order valence-electron chi connectivity index (χ1n) is 9.30. The van der Waals surface area contributed by atoms with Crippen LogP contribution in [0.1, 0.15) is 27.7 Å². The third kappa shape index (κ3) is 3.95. The number of carbonyl (C=O) groups is 1. The van der Waals surface area contributed by atoms with Gasteiger partial charge in [-0.2, -0.15) is 0 Å². The lowest BCUT2D eigenvalue weighted by Crippen LogP contribution is -2.34. The highest BCUT2D eigenvalue weighted by Crippen LogP contribution is 2.35. The molecule has 2 heterocycles. The summed E-state index contributed by atoms with van der Waals surface area (Å²) in [6, 6.07) is 12.3. The van der Waals surface area contributed by atoms with Crippen LogP contribution in [0.15, 0.2) is 42.5 Å². The number of fused-ring (bicyclic) bond motifs is 1. The van der Waals surface area contributed by atoms with Crippen LogP contribution in [-0.2, 0) is 16.4 Å². The molecule has 1 aliphatic heterocycles. The molecule has 0 aliphatic carbocycles. The molecule has 156 valence electrons. The molecule has 0 radical (unpaired) electrons. The summed E-state index contributed by atoms with van der Waals surface area (Å²) in [5.41, 5.74) is 3.69. The average molecular weight is 462 g/mol. The molecule has 4 rings (SSSR count). The quantitative estimate of drug-likeness (QED) is 0.608. The number of carbonyl (C=O) groups excluding carboxylic acids is 1. The molecule has 0 unspecified atom stereocenters. The van der Waals surface area contributed by atoms with E-state index in [1.807, 2.05) is 26.0 Å². The van der Waals surface area contributed by atoms with Crippen molar-refractivity contribution in [3.8, 4) is 11.3 Å². The monoisotopic (exact) mass is 461 g/mol. The summed E-state index contributed by atoms with van der Waals surface area (Å²) < 4.78 is 25.5. The number of aryl methyl sites for hydroxylation is 1. The molecule has 0 spiro atoms. The Balaban J connectivity index is 1.57. The van der Waals surface area contributed by atoms with Crippen molar-refractivity contribution in [2.24, 2.45) is 0 Å². The maximum atomic E-state index is 12.8. The number of nitrogens with zero attached hydrogens (tertiary/aromatic N) is 2. The van der Waals surface area contributed by atoms with Gasteiger partial charge in [-0.3, -0.25) is 14.4 Å². The van der Waals surface area contributed by atoms with Crippen molar-refractivity contribution in [1.29, 1.82) is 0 Å². The van der Waals surface area contributed by atoms with E-state index < -0.39 is 10.0 Å². The number of rotatable bonds is 4. The first kappa shape index (κ1) is 20.8. The van der Waals surface area contributed by atoms with Crippen molar-refractivity contribution in [3.63, 3.8) is 0 Å². The van der Waals surface area contributed by atoms with Crippen molar-refractivity contribution >= 4 is 49.7 Å². The van der Waals surface area contributed by atoms with E-state index in [0.717, 1.165) is 21.7 Å². The molecule has 3 aromatic rings. The molecule has 1 aliphatic rings. The molecular formula is C21H20ClN3O3S2. The zero-order valence-electron chi connectivity index (χ0n) is 16.6. The minimum absolute atomic E-state index is 0.170. The van der Waals surface area contributed by atoms with E-state index in [4.69, 9.17) is 11.6 Å². The molecule has 0 saturated heterocycles. The van der Waals surface area contributed by atoms with Crippen molar-refractivity contribution in [2.45, 2.75) is 26.3 Å². The van der Waals surface area contributed by atoms with E-state index in [9.17, 15) is 13.2 Å². The summed E-state index contributed by atoms with van der Waals surface area (Å²) in [6.07, 6.45) is 1.77. The highest BCUT2D eigenvalue weighted by molar-refractivity contribution is 7.92. The number of halogens is 1. The van der Waals surface area contributed by atoms with E-state index in [1.165, 1.54) is 21.9 Å². The molecule has 9 heteroatoms. The van der Waals surface area contributed by atoms with Crippen molar-refractivity contribution in [1.82, 2.24) is 4.98 Å². The van der Waals surface area contributed by atoms with E-state index in [-0.39, 0.29) is 11.9 Å². The minimum Gasteiger partial charge on any atom is -0.298 e. The van der Waals surface area contributed by atoms with Crippen LogP contribution in [0.2, 0.25) is 5.02 Å². The fourth-order valence-corrected chi connectivity index (χ4v) is 5.96. The third-order valence-corrected chi connectivity index (χ3v) is 7.40. The SMILES string of the molecule is Cc1sc(NC(=O)c2ccc3c(c2)C[C@@H](C)N3S(C)(=O)=O)nc1-c1ccc(Cl)cc1. The number of hydrogen-bond acceptors (Lipinski definition) is 5. The molecule has 1 N–H and O–H groups in total. The molecule has 0 bridgehead atoms. The van der Waals surface area contributed by atoms with Gasteiger partial charge in [0.25, 0.3) is 5.91 Å². The number of sulfonamides is 1. The predicted molar refractivity (Wildman–Crippen MR) is 122 cm³/mol. The molecule has 2 aromatic carbocycles. The van der Waals surface area contributed by atoms with Crippen molar-refractivity contribution in [2.75, 3.05) is 15.9 Å². The second kappa shape index (κ2) is 7.68. The van der Waals surface area contributed by atoms with Gasteiger partial charge in [-0.25, -0.2) is 13.4 Å². The number of benzene rings is 2. The van der Waals surface area contributed by atoms with Crippen LogP contribution >= 0.6 is 22.9 Å². The Hall–Kier alpha value is -2.42. The third-order valence-electron chi connectivity index (χ3n) is 4.99. The van der Waals surface area contributed by atoms with Crippen molar-refractivity contribution in [3.05, 3.63) is 63.5 Å². The number of amides is 1. The number of anilines is 2. The van der Waals surface area contributed by atoms with Gasteiger partial charge in [-0.05, 0) is 56.2 Å². The molecule has 0 saturated carbocycles. The Kier molecular flexibility index (Phi) is 5.34. The number of nitrogens with one attached hydrogen (secondary N) is 1.